The molecule has 0 saturated carbocycles. The Kier molecular flexibility index (Phi) is 6.62. The van der Waals surface area contributed by atoms with Crippen LogP contribution in [0.4, 0.5) is 0 Å². The van der Waals surface area contributed by atoms with Crippen LogP contribution in [0.2, 0.25) is 5.02 Å². The van der Waals surface area contributed by atoms with Gasteiger partial charge in [0.15, 0.2) is 0 Å². The number of carbonyl (C=O) groups excluding carboxylic acids is 1. The Morgan fingerprint density at radius 3 is 2.67 bits per heavy atom. The number of amides is 1. The van der Waals surface area contributed by atoms with Gasteiger partial charge in [-0.3, -0.25) is 4.79 Å². The maximum Gasteiger partial charge on any atom is 0.251 e. The fourth-order valence-corrected chi connectivity index (χ4v) is 4.62. The van der Waals surface area contributed by atoms with Gasteiger partial charge in [0.25, 0.3) is 5.91 Å². The van der Waals surface area contributed by atoms with Crippen LogP contribution in [0.5, 0.6) is 0 Å². The first kappa shape index (κ1) is 19.2. The normalized spacial score (nSPS) is 18.1. The zero-order valence-electron chi connectivity index (χ0n) is 13.9. The van der Waals surface area contributed by atoms with Crippen molar-refractivity contribution in [2.45, 2.75) is 37.7 Å². The van der Waals surface area contributed by atoms with Crippen molar-refractivity contribution in [2.24, 2.45) is 0 Å². The van der Waals surface area contributed by atoms with E-state index in [0.29, 0.717) is 26.2 Å². The predicted octanol–water partition coefficient (Wildman–Crippen LogP) is 2.28. The Morgan fingerprint density at radius 2 is 2.08 bits per heavy atom. The molecule has 1 amide bonds. The number of carbonyl (C=O) groups is 1. The van der Waals surface area contributed by atoms with Gasteiger partial charge >= 0.3 is 0 Å². The third-order valence-corrected chi connectivity index (χ3v) is 6.56. The van der Waals surface area contributed by atoms with E-state index >= 15 is 0 Å². The van der Waals surface area contributed by atoms with Crippen molar-refractivity contribution in [1.82, 2.24) is 9.62 Å². The van der Waals surface area contributed by atoms with Crippen molar-refractivity contribution in [3.05, 3.63) is 28.8 Å². The van der Waals surface area contributed by atoms with E-state index in [1.165, 1.54) is 22.5 Å². The molecule has 0 spiro atoms. The van der Waals surface area contributed by atoms with Crippen molar-refractivity contribution >= 4 is 27.5 Å². The molecule has 1 aliphatic rings. The van der Waals surface area contributed by atoms with Gasteiger partial charge in [-0.2, -0.15) is 4.31 Å². The summed E-state index contributed by atoms with van der Waals surface area (Å²) in [6, 6.07) is 4.30. The van der Waals surface area contributed by atoms with Gasteiger partial charge in [0, 0.05) is 31.8 Å². The molecule has 8 heteroatoms. The standard InChI is InChI=1S/C16H23ClN2O4S/c1-3-19(4-2)24(21,22)15-10-12(7-8-14(15)17)16(20)18-11-13-6-5-9-23-13/h7-8,10,13H,3-6,9,11H2,1-2H3,(H,18,20). The lowest BCUT2D eigenvalue weighted by Crippen LogP contribution is -2.33. The van der Waals surface area contributed by atoms with Crippen molar-refractivity contribution in [3.63, 3.8) is 0 Å². The average molecular weight is 375 g/mol. The molecule has 1 fully saturated rings. The fraction of sp³-hybridized carbons (Fsp3) is 0.562. The number of sulfonamides is 1. The van der Waals surface area contributed by atoms with E-state index in [1.807, 2.05) is 0 Å². The van der Waals surface area contributed by atoms with Crippen molar-refractivity contribution in [3.8, 4) is 0 Å². The molecule has 1 N–H and O–H groups in total. The summed E-state index contributed by atoms with van der Waals surface area (Å²) in [6.07, 6.45) is 1.94. The summed E-state index contributed by atoms with van der Waals surface area (Å²) in [5, 5.41) is 2.89. The molecule has 0 bridgehead atoms. The second-order valence-electron chi connectivity index (χ2n) is 5.58. The van der Waals surface area contributed by atoms with Crippen LogP contribution < -0.4 is 5.32 Å². The molecule has 1 aromatic rings. The van der Waals surface area contributed by atoms with E-state index in [0.717, 1.165) is 12.8 Å². The van der Waals surface area contributed by atoms with Gasteiger partial charge in [-0.1, -0.05) is 25.4 Å². The number of rotatable bonds is 7. The molecule has 0 radical (unpaired) electrons. The number of nitrogens with zero attached hydrogens (tertiary/aromatic N) is 1. The molecule has 6 nitrogen and oxygen atoms in total. The van der Waals surface area contributed by atoms with E-state index in [1.54, 1.807) is 13.8 Å². The van der Waals surface area contributed by atoms with Crippen LogP contribution in [0.3, 0.4) is 0 Å². The number of halogens is 1. The zero-order chi connectivity index (χ0) is 17.7. The lowest BCUT2D eigenvalue weighted by Gasteiger charge is -2.19. The number of nitrogens with one attached hydrogen (secondary N) is 1. The SMILES string of the molecule is CCN(CC)S(=O)(=O)c1cc(C(=O)NCC2CCCO2)ccc1Cl. The zero-order valence-corrected chi connectivity index (χ0v) is 15.5. The smallest absolute Gasteiger partial charge is 0.251 e. The molecule has 1 saturated heterocycles. The first-order valence-electron chi connectivity index (χ1n) is 8.09. The molecule has 1 atom stereocenters. The Bertz CT molecular complexity index is 683. The maximum absolute atomic E-state index is 12.6. The Balaban J connectivity index is 2.19. The van der Waals surface area contributed by atoms with Crippen molar-refractivity contribution in [1.29, 1.82) is 0 Å². The summed E-state index contributed by atoms with van der Waals surface area (Å²) in [5.74, 6) is -0.335. The number of ether oxygens (including phenoxy) is 1. The number of hydrogen-bond donors (Lipinski definition) is 1. The highest BCUT2D eigenvalue weighted by Crippen LogP contribution is 2.26. The molecule has 134 valence electrons. The Morgan fingerprint density at radius 1 is 1.38 bits per heavy atom. The summed E-state index contributed by atoms with van der Waals surface area (Å²) in [7, 11) is -3.72. The minimum Gasteiger partial charge on any atom is -0.376 e. The summed E-state index contributed by atoms with van der Waals surface area (Å²) in [4.78, 5) is 12.2. The molecular weight excluding hydrogens is 352 g/mol. The number of benzene rings is 1. The predicted molar refractivity (Wildman–Crippen MR) is 92.9 cm³/mol. The number of hydrogen-bond acceptors (Lipinski definition) is 4. The van der Waals surface area contributed by atoms with Gasteiger partial charge < -0.3 is 10.1 Å². The van der Waals surface area contributed by atoms with Crippen LogP contribution in [0, 0.1) is 0 Å². The van der Waals surface area contributed by atoms with Gasteiger partial charge in [-0.05, 0) is 31.0 Å². The third-order valence-electron chi connectivity index (χ3n) is 4.03. The maximum atomic E-state index is 12.6. The minimum absolute atomic E-state index is 0.0279. The molecular formula is C16H23ClN2O4S. The van der Waals surface area contributed by atoms with Gasteiger partial charge in [-0.15, -0.1) is 0 Å². The van der Waals surface area contributed by atoms with Crippen LogP contribution >= 0.6 is 11.6 Å². The summed E-state index contributed by atoms with van der Waals surface area (Å²) in [5.41, 5.74) is 0.267. The highest BCUT2D eigenvalue weighted by atomic mass is 35.5. The summed E-state index contributed by atoms with van der Waals surface area (Å²) >= 11 is 6.07. The second kappa shape index (κ2) is 8.29. The third kappa shape index (κ3) is 4.27. The van der Waals surface area contributed by atoms with Crippen molar-refractivity contribution < 1.29 is 17.9 Å². The van der Waals surface area contributed by atoms with Gasteiger partial charge in [0.2, 0.25) is 10.0 Å². The van der Waals surface area contributed by atoms with Crippen LogP contribution in [-0.4, -0.2) is 51.0 Å². The highest BCUT2D eigenvalue weighted by Gasteiger charge is 2.26. The minimum atomic E-state index is -3.72. The Hall–Kier alpha value is -1.15. The molecule has 1 aromatic carbocycles. The van der Waals surface area contributed by atoms with Gasteiger partial charge in [0.1, 0.15) is 4.90 Å². The van der Waals surface area contributed by atoms with E-state index in [4.69, 9.17) is 16.3 Å². The fourth-order valence-electron chi connectivity index (χ4n) is 2.66. The van der Waals surface area contributed by atoms with Crippen LogP contribution in [-0.2, 0) is 14.8 Å². The summed E-state index contributed by atoms with van der Waals surface area (Å²) in [6.45, 7) is 5.32. The molecule has 0 aliphatic carbocycles. The molecule has 1 heterocycles. The first-order valence-corrected chi connectivity index (χ1v) is 9.91. The van der Waals surface area contributed by atoms with Crippen LogP contribution in [0.15, 0.2) is 23.1 Å². The molecule has 24 heavy (non-hydrogen) atoms. The molecule has 2 rings (SSSR count). The quantitative estimate of drug-likeness (QED) is 0.794. The Labute approximate surface area is 148 Å². The second-order valence-corrected chi connectivity index (χ2v) is 7.89. The average Bonchev–Trinajstić information content (AvgIpc) is 3.07. The van der Waals surface area contributed by atoms with Gasteiger partial charge in [-0.25, -0.2) is 8.42 Å². The van der Waals surface area contributed by atoms with E-state index < -0.39 is 10.0 Å². The first-order chi connectivity index (χ1) is 11.4. The van der Waals surface area contributed by atoms with Gasteiger partial charge in [0.05, 0.1) is 11.1 Å². The highest BCUT2D eigenvalue weighted by molar-refractivity contribution is 7.89. The van der Waals surface area contributed by atoms with Crippen molar-refractivity contribution in [2.75, 3.05) is 26.2 Å². The summed E-state index contributed by atoms with van der Waals surface area (Å²) < 4.78 is 32.1. The van der Waals surface area contributed by atoms with E-state index in [9.17, 15) is 13.2 Å². The lowest BCUT2D eigenvalue weighted by atomic mass is 10.2. The lowest BCUT2D eigenvalue weighted by molar-refractivity contribution is 0.0857. The molecule has 1 unspecified atom stereocenters. The van der Waals surface area contributed by atoms with E-state index in [2.05, 4.69) is 5.32 Å². The molecule has 0 aromatic heterocycles. The topological polar surface area (TPSA) is 75.7 Å². The van der Waals surface area contributed by atoms with E-state index in [-0.39, 0.29) is 27.5 Å². The largest absolute Gasteiger partial charge is 0.376 e. The monoisotopic (exact) mass is 374 g/mol. The molecule has 1 aliphatic heterocycles. The van der Waals surface area contributed by atoms with Crippen LogP contribution in [0.25, 0.3) is 0 Å². The van der Waals surface area contributed by atoms with Crippen LogP contribution in [0.1, 0.15) is 37.0 Å².